The van der Waals surface area contributed by atoms with Crippen molar-refractivity contribution >= 4 is 11.8 Å². The van der Waals surface area contributed by atoms with Gasteiger partial charge in [0.25, 0.3) is 5.91 Å². The fourth-order valence-corrected chi connectivity index (χ4v) is 2.84. The SMILES string of the molecule is CC=C=NC(=O)CCCCCCCCCCCCCCCCC. The van der Waals surface area contributed by atoms with E-state index in [1.165, 1.54) is 83.5 Å². The van der Waals surface area contributed by atoms with Gasteiger partial charge in [-0.05, 0) is 25.3 Å². The zero-order valence-corrected chi connectivity index (χ0v) is 15.7. The number of unbranched alkanes of at least 4 members (excludes halogenated alkanes) is 14. The average molecular weight is 322 g/mol. The summed E-state index contributed by atoms with van der Waals surface area (Å²) in [6.45, 7) is 4.10. The third-order valence-corrected chi connectivity index (χ3v) is 4.31. The lowest BCUT2D eigenvalue weighted by atomic mass is 10.0. The highest BCUT2D eigenvalue weighted by molar-refractivity contribution is 5.83. The first-order valence-electron chi connectivity index (χ1n) is 10.1. The van der Waals surface area contributed by atoms with Crippen LogP contribution < -0.4 is 0 Å². The summed E-state index contributed by atoms with van der Waals surface area (Å²) in [7, 11) is 0. The maximum Gasteiger partial charge on any atom is 0.253 e. The Hall–Kier alpha value is -0.880. The molecule has 0 spiro atoms. The minimum Gasteiger partial charge on any atom is -0.272 e. The molecule has 0 unspecified atom stereocenters. The van der Waals surface area contributed by atoms with Crippen molar-refractivity contribution in [2.45, 2.75) is 117 Å². The standard InChI is InChI=1S/C21H39NO/c1-3-5-6-7-8-9-10-11-12-13-14-15-16-17-18-19-21(23)22-20-4-2/h4H,3,5-19H2,1-2H3. The maximum absolute atomic E-state index is 11.3. The van der Waals surface area contributed by atoms with Crippen LogP contribution in [0.4, 0.5) is 0 Å². The number of hydrogen-bond donors (Lipinski definition) is 0. The van der Waals surface area contributed by atoms with Gasteiger partial charge in [-0.3, -0.25) is 4.79 Å². The van der Waals surface area contributed by atoms with E-state index in [0.29, 0.717) is 6.42 Å². The van der Waals surface area contributed by atoms with Gasteiger partial charge < -0.3 is 0 Å². The number of amides is 1. The van der Waals surface area contributed by atoms with E-state index in [4.69, 9.17) is 0 Å². The van der Waals surface area contributed by atoms with Gasteiger partial charge in [-0.1, -0.05) is 96.8 Å². The second-order valence-corrected chi connectivity index (χ2v) is 6.62. The first-order chi connectivity index (χ1) is 11.3. The fraction of sp³-hybridized carbons (Fsp3) is 0.857. The van der Waals surface area contributed by atoms with Crippen LogP contribution in [-0.2, 0) is 4.79 Å². The minimum atomic E-state index is -0.0298. The molecule has 2 nitrogen and oxygen atoms in total. The maximum atomic E-state index is 11.3. The van der Waals surface area contributed by atoms with Crippen molar-refractivity contribution in [3.63, 3.8) is 0 Å². The number of carbonyl (C=O) groups is 1. The summed E-state index contributed by atoms with van der Waals surface area (Å²) in [5, 5.41) is 0. The number of rotatable bonds is 16. The van der Waals surface area contributed by atoms with E-state index < -0.39 is 0 Å². The summed E-state index contributed by atoms with van der Waals surface area (Å²) in [6.07, 6.45) is 22.5. The summed E-state index contributed by atoms with van der Waals surface area (Å²) in [6, 6.07) is 0. The molecule has 0 saturated heterocycles. The third-order valence-electron chi connectivity index (χ3n) is 4.31. The van der Waals surface area contributed by atoms with E-state index in [9.17, 15) is 4.79 Å². The van der Waals surface area contributed by atoms with Crippen LogP contribution in [0, 0.1) is 0 Å². The van der Waals surface area contributed by atoms with Crippen molar-refractivity contribution in [3.05, 3.63) is 6.08 Å². The molecule has 1 amide bonds. The number of hydrogen-bond acceptors (Lipinski definition) is 1. The van der Waals surface area contributed by atoms with E-state index >= 15 is 0 Å². The number of allylic oxidation sites excluding steroid dienone is 1. The Balaban J connectivity index is 3.11. The fourth-order valence-electron chi connectivity index (χ4n) is 2.84. The molecular weight excluding hydrogens is 282 g/mol. The largest absolute Gasteiger partial charge is 0.272 e. The van der Waals surface area contributed by atoms with Crippen LogP contribution in [-0.4, -0.2) is 11.8 Å². The molecule has 134 valence electrons. The molecule has 0 rings (SSSR count). The summed E-state index contributed by atoms with van der Waals surface area (Å²) >= 11 is 0. The minimum absolute atomic E-state index is 0.0298. The number of aliphatic imine (C=N–C) groups is 1. The zero-order valence-electron chi connectivity index (χ0n) is 15.7. The molecule has 0 aliphatic heterocycles. The van der Waals surface area contributed by atoms with Gasteiger partial charge in [0.1, 0.15) is 0 Å². The molecule has 2 heteroatoms. The Bertz CT molecular complexity index is 316. The van der Waals surface area contributed by atoms with Crippen LogP contribution in [0.3, 0.4) is 0 Å². The topological polar surface area (TPSA) is 29.4 Å². The van der Waals surface area contributed by atoms with E-state index in [0.717, 1.165) is 12.8 Å². The molecule has 0 aliphatic carbocycles. The lowest BCUT2D eigenvalue weighted by Gasteiger charge is -2.03. The average Bonchev–Trinajstić information content (AvgIpc) is 2.56. The van der Waals surface area contributed by atoms with Gasteiger partial charge in [0.2, 0.25) is 0 Å². The molecule has 0 aromatic carbocycles. The Kier molecular flexibility index (Phi) is 18.4. The monoisotopic (exact) mass is 321 g/mol. The summed E-state index contributed by atoms with van der Waals surface area (Å²) in [5.41, 5.74) is 0. The van der Waals surface area contributed by atoms with Gasteiger partial charge in [0.05, 0.1) is 0 Å². The van der Waals surface area contributed by atoms with Crippen molar-refractivity contribution in [2.24, 2.45) is 4.99 Å². The molecule has 0 heterocycles. The lowest BCUT2D eigenvalue weighted by molar-refractivity contribution is -0.117. The quantitative estimate of drug-likeness (QED) is 0.222. The predicted octanol–water partition coefficient (Wildman–Crippen LogP) is 7.02. The van der Waals surface area contributed by atoms with Gasteiger partial charge in [-0.15, -0.1) is 0 Å². The first-order valence-corrected chi connectivity index (χ1v) is 10.1. The van der Waals surface area contributed by atoms with Crippen molar-refractivity contribution in [3.8, 4) is 0 Å². The second kappa shape index (κ2) is 19.2. The molecule has 0 fully saturated rings. The molecule has 0 aromatic rings. The predicted molar refractivity (Wildman–Crippen MR) is 102 cm³/mol. The van der Waals surface area contributed by atoms with Crippen molar-refractivity contribution in [2.75, 3.05) is 0 Å². The molecule has 0 saturated carbocycles. The van der Waals surface area contributed by atoms with Crippen LogP contribution in [0.25, 0.3) is 0 Å². The lowest BCUT2D eigenvalue weighted by Crippen LogP contribution is -1.92. The van der Waals surface area contributed by atoms with Crippen LogP contribution in [0.2, 0.25) is 0 Å². The highest BCUT2D eigenvalue weighted by Gasteiger charge is 1.98. The van der Waals surface area contributed by atoms with Crippen molar-refractivity contribution in [1.82, 2.24) is 0 Å². The molecule has 0 N–H and O–H groups in total. The normalized spacial score (nSPS) is 10.3. The zero-order chi connectivity index (χ0) is 17.0. The highest BCUT2D eigenvalue weighted by atomic mass is 16.1. The van der Waals surface area contributed by atoms with Crippen LogP contribution in [0.5, 0.6) is 0 Å². The molecule has 0 aromatic heterocycles. The van der Waals surface area contributed by atoms with Gasteiger partial charge in [0, 0.05) is 6.42 Å². The summed E-state index contributed by atoms with van der Waals surface area (Å²) in [4.78, 5) is 15.0. The van der Waals surface area contributed by atoms with E-state index in [-0.39, 0.29) is 5.91 Å². The summed E-state index contributed by atoms with van der Waals surface area (Å²) in [5.74, 6) is 2.57. The molecule has 0 atom stereocenters. The Morgan fingerprint density at radius 3 is 1.52 bits per heavy atom. The molecular formula is C21H39NO. The van der Waals surface area contributed by atoms with Gasteiger partial charge in [-0.2, -0.15) is 4.99 Å². The van der Waals surface area contributed by atoms with E-state index in [2.05, 4.69) is 17.8 Å². The Morgan fingerprint density at radius 2 is 1.13 bits per heavy atom. The van der Waals surface area contributed by atoms with Crippen molar-refractivity contribution < 1.29 is 4.79 Å². The molecule has 0 bridgehead atoms. The molecule has 23 heavy (non-hydrogen) atoms. The van der Waals surface area contributed by atoms with E-state index in [1.807, 2.05) is 6.92 Å². The smallest absolute Gasteiger partial charge is 0.253 e. The number of nitrogens with zero attached hydrogens (tertiary/aromatic N) is 1. The Morgan fingerprint density at radius 1 is 0.739 bits per heavy atom. The van der Waals surface area contributed by atoms with Crippen molar-refractivity contribution in [1.29, 1.82) is 0 Å². The van der Waals surface area contributed by atoms with Crippen LogP contribution in [0.1, 0.15) is 117 Å². The first kappa shape index (κ1) is 22.1. The van der Waals surface area contributed by atoms with E-state index in [1.54, 1.807) is 6.08 Å². The summed E-state index contributed by atoms with van der Waals surface area (Å²) < 4.78 is 0. The van der Waals surface area contributed by atoms with Crippen LogP contribution in [0.15, 0.2) is 11.1 Å². The number of carbonyl (C=O) groups excluding carboxylic acids is 1. The molecule has 0 aliphatic rings. The Labute approximate surface area is 144 Å². The highest BCUT2D eigenvalue weighted by Crippen LogP contribution is 2.13. The van der Waals surface area contributed by atoms with Gasteiger partial charge in [0.15, 0.2) is 0 Å². The van der Waals surface area contributed by atoms with Crippen LogP contribution >= 0.6 is 0 Å². The third kappa shape index (κ3) is 19.1. The molecule has 0 radical (unpaired) electrons. The second-order valence-electron chi connectivity index (χ2n) is 6.62. The van der Waals surface area contributed by atoms with Gasteiger partial charge in [-0.25, -0.2) is 0 Å². The van der Waals surface area contributed by atoms with Gasteiger partial charge >= 0.3 is 0 Å².